The van der Waals surface area contributed by atoms with Crippen molar-refractivity contribution in [2.45, 2.75) is 13.8 Å². The van der Waals surface area contributed by atoms with Crippen LogP contribution in [-0.4, -0.2) is 30.9 Å². The maximum Gasteiger partial charge on any atom is 0.325 e. The highest BCUT2D eigenvalue weighted by atomic mass is 79.9. The maximum atomic E-state index is 11.9. The van der Waals surface area contributed by atoms with E-state index in [2.05, 4.69) is 26.6 Å². The van der Waals surface area contributed by atoms with E-state index in [1.807, 2.05) is 32.0 Å². The Hall–Kier alpha value is -2.67. The summed E-state index contributed by atoms with van der Waals surface area (Å²) in [5, 5.41) is 5.10. The first kappa shape index (κ1) is 19.7. The lowest BCUT2D eigenvalue weighted by atomic mass is 10.1. The minimum absolute atomic E-state index is 0.311. The summed E-state index contributed by atoms with van der Waals surface area (Å²) in [4.78, 5) is 35.5. The Balaban J connectivity index is 1.76. The molecule has 0 aliphatic carbocycles. The van der Waals surface area contributed by atoms with Crippen molar-refractivity contribution in [1.82, 2.24) is 5.32 Å². The number of esters is 1. The lowest BCUT2D eigenvalue weighted by molar-refractivity contribution is -0.146. The normalized spacial score (nSPS) is 10.1. The average Bonchev–Trinajstić information content (AvgIpc) is 2.60. The highest BCUT2D eigenvalue weighted by Gasteiger charge is 2.12. The fourth-order valence-electron chi connectivity index (χ4n) is 2.15. The van der Waals surface area contributed by atoms with Gasteiger partial charge in [-0.05, 0) is 59.6 Å². The van der Waals surface area contributed by atoms with Gasteiger partial charge in [-0.2, -0.15) is 0 Å². The van der Waals surface area contributed by atoms with Gasteiger partial charge >= 0.3 is 5.97 Å². The number of anilines is 1. The quantitative estimate of drug-likeness (QED) is 0.706. The van der Waals surface area contributed by atoms with Crippen molar-refractivity contribution in [2.75, 3.05) is 18.5 Å². The molecule has 0 heterocycles. The number of hydrogen-bond donors (Lipinski definition) is 2. The summed E-state index contributed by atoms with van der Waals surface area (Å²) < 4.78 is 5.61. The molecule has 0 saturated carbocycles. The Morgan fingerprint density at radius 2 is 1.77 bits per heavy atom. The van der Waals surface area contributed by atoms with Crippen LogP contribution >= 0.6 is 15.9 Å². The second-order valence-electron chi connectivity index (χ2n) is 5.74. The lowest BCUT2D eigenvalue weighted by Crippen LogP contribution is -2.32. The molecule has 0 fully saturated rings. The number of aryl methyl sites for hydroxylation is 2. The molecule has 0 aromatic heterocycles. The van der Waals surface area contributed by atoms with Crippen LogP contribution in [0.1, 0.15) is 21.5 Å². The smallest absolute Gasteiger partial charge is 0.325 e. The maximum absolute atomic E-state index is 11.9. The number of carbonyl (C=O) groups is 3. The van der Waals surface area contributed by atoms with Gasteiger partial charge in [0, 0.05) is 10.0 Å². The number of amides is 2. The van der Waals surface area contributed by atoms with E-state index >= 15 is 0 Å². The summed E-state index contributed by atoms with van der Waals surface area (Å²) in [6.45, 7) is 3.06. The fourth-order valence-corrected chi connectivity index (χ4v) is 2.74. The van der Waals surface area contributed by atoms with Crippen molar-refractivity contribution >= 4 is 39.4 Å². The average molecular weight is 419 g/mol. The molecule has 2 aromatic rings. The molecule has 7 heteroatoms. The number of carbonyl (C=O) groups excluding carboxylic acids is 3. The Morgan fingerprint density at radius 1 is 1.04 bits per heavy atom. The Labute approximate surface area is 160 Å². The molecule has 0 aliphatic rings. The zero-order valence-electron chi connectivity index (χ0n) is 14.5. The number of benzene rings is 2. The molecule has 0 spiro atoms. The fraction of sp³-hybridized carbons (Fsp3) is 0.211. The van der Waals surface area contributed by atoms with E-state index in [9.17, 15) is 14.4 Å². The molecule has 2 rings (SSSR count). The summed E-state index contributed by atoms with van der Waals surface area (Å²) in [7, 11) is 0. The van der Waals surface area contributed by atoms with Gasteiger partial charge in [-0.1, -0.05) is 23.8 Å². The van der Waals surface area contributed by atoms with Crippen LogP contribution in [0.4, 0.5) is 5.69 Å². The van der Waals surface area contributed by atoms with Crippen molar-refractivity contribution in [2.24, 2.45) is 0 Å². The molecule has 0 bridgehead atoms. The molecule has 0 radical (unpaired) electrons. The van der Waals surface area contributed by atoms with Crippen LogP contribution in [-0.2, 0) is 14.3 Å². The number of nitrogens with one attached hydrogen (secondary N) is 2. The summed E-state index contributed by atoms with van der Waals surface area (Å²) >= 11 is 3.35. The summed E-state index contributed by atoms with van der Waals surface area (Å²) in [6, 6.07) is 12.5. The van der Waals surface area contributed by atoms with Crippen molar-refractivity contribution in [3.05, 3.63) is 63.6 Å². The van der Waals surface area contributed by atoms with E-state index in [-0.39, 0.29) is 12.5 Å². The van der Waals surface area contributed by atoms with Gasteiger partial charge in [0.1, 0.15) is 6.54 Å². The Kier molecular flexibility index (Phi) is 6.91. The SMILES string of the molecule is Cc1cccc(C(=O)NCC(=O)OCC(=O)Nc2ccc(C)cc2Br)c1. The lowest BCUT2D eigenvalue weighted by Gasteiger charge is -2.09. The third-order valence-electron chi connectivity index (χ3n) is 3.44. The van der Waals surface area contributed by atoms with Crippen LogP contribution < -0.4 is 10.6 Å². The van der Waals surface area contributed by atoms with E-state index in [1.165, 1.54) is 0 Å². The molecule has 2 amide bonds. The molecule has 0 aliphatic heterocycles. The third-order valence-corrected chi connectivity index (χ3v) is 4.09. The predicted molar refractivity (Wildman–Crippen MR) is 102 cm³/mol. The van der Waals surface area contributed by atoms with Gasteiger partial charge in [0.25, 0.3) is 11.8 Å². The highest BCUT2D eigenvalue weighted by molar-refractivity contribution is 9.10. The first-order chi connectivity index (χ1) is 12.3. The number of rotatable bonds is 6. The van der Waals surface area contributed by atoms with Gasteiger partial charge in [0.05, 0.1) is 5.69 Å². The monoisotopic (exact) mass is 418 g/mol. The third kappa shape index (κ3) is 6.00. The van der Waals surface area contributed by atoms with Crippen molar-refractivity contribution in [3.63, 3.8) is 0 Å². The van der Waals surface area contributed by atoms with Gasteiger partial charge in [0.2, 0.25) is 0 Å². The molecule has 0 unspecified atom stereocenters. The van der Waals surface area contributed by atoms with Gasteiger partial charge in [-0.25, -0.2) is 0 Å². The molecule has 2 N–H and O–H groups in total. The Bertz CT molecular complexity index is 836. The number of halogens is 1. The van der Waals surface area contributed by atoms with E-state index < -0.39 is 18.5 Å². The van der Waals surface area contributed by atoms with Crippen LogP contribution in [0.5, 0.6) is 0 Å². The second kappa shape index (κ2) is 9.15. The van der Waals surface area contributed by atoms with Crippen LogP contribution in [0.25, 0.3) is 0 Å². The summed E-state index contributed by atoms with van der Waals surface area (Å²) in [6.07, 6.45) is 0. The van der Waals surface area contributed by atoms with Gasteiger partial charge in [-0.15, -0.1) is 0 Å². The van der Waals surface area contributed by atoms with Gasteiger partial charge < -0.3 is 15.4 Å². The van der Waals surface area contributed by atoms with Crippen LogP contribution in [0.15, 0.2) is 46.9 Å². The van der Waals surface area contributed by atoms with Crippen molar-refractivity contribution < 1.29 is 19.1 Å². The molecule has 0 saturated heterocycles. The van der Waals surface area contributed by atoms with Gasteiger partial charge in [0.15, 0.2) is 6.61 Å². The molecule has 136 valence electrons. The zero-order chi connectivity index (χ0) is 19.1. The minimum Gasteiger partial charge on any atom is -0.454 e. The van der Waals surface area contributed by atoms with Crippen LogP contribution in [0.2, 0.25) is 0 Å². The van der Waals surface area contributed by atoms with E-state index in [0.29, 0.717) is 11.3 Å². The standard InChI is InChI=1S/C19H19BrN2O4/c1-12-4-3-5-14(8-12)19(25)21-10-18(24)26-11-17(23)22-16-7-6-13(2)9-15(16)20/h3-9H,10-11H2,1-2H3,(H,21,25)(H,22,23). The van der Waals surface area contributed by atoms with E-state index in [1.54, 1.807) is 24.3 Å². The Morgan fingerprint density at radius 3 is 2.46 bits per heavy atom. The zero-order valence-corrected chi connectivity index (χ0v) is 16.1. The molecular weight excluding hydrogens is 400 g/mol. The summed E-state index contributed by atoms with van der Waals surface area (Å²) in [5.74, 6) is -1.53. The molecular formula is C19H19BrN2O4. The number of ether oxygens (including phenoxy) is 1. The van der Waals surface area contributed by atoms with Crippen molar-refractivity contribution in [1.29, 1.82) is 0 Å². The molecule has 2 aromatic carbocycles. The second-order valence-corrected chi connectivity index (χ2v) is 6.60. The largest absolute Gasteiger partial charge is 0.454 e. The number of hydrogen-bond acceptors (Lipinski definition) is 4. The summed E-state index contributed by atoms with van der Waals surface area (Å²) in [5.41, 5.74) is 3.04. The first-order valence-corrected chi connectivity index (χ1v) is 8.71. The molecule has 6 nitrogen and oxygen atoms in total. The molecule has 26 heavy (non-hydrogen) atoms. The van der Waals surface area contributed by atoms with Crippen LogP contribution in [0.3, 0.4) is 0 Å². The van der Waals surface area contributed by atoms with Crippen molar-refractivity contribution in [3.8, 4) is 0 Å². The predicted octanol–water partition coefficient (Wildman–Crippen LogP) is 2.98. The van der Waals surface area contributed by atoms with Crippen LogP contribution in [0, 0.1) is 13.8 Å². The van der Waals surface area contributed by atoms with E-state index in [0.717, 1.165) is 15.6 Å². The van der Waals surface area contributed by atoms with E-state index in [4.69, 9.17) is 4.74 Å². The topological polar surface area (TPSA) is 84.5 Å². The van der Waals surface area contributed by atoms with Gasteiger partial charge in [-0.3, -0.25) is 14.4 Å². The minimum atomic E-state index is -0.691. The molecule has 0 atom stereocenters. The first-order valence-electron chi connectivity index (χ1n) is 7.91. The highest BCUT2D eigenvalue weighted by Crippen LogP contribution is 2.23.